The molecule has 0 amide bonds. The molecule has 1 aromatic rings. The van der Waals surface area contributed by atoms with E-state index >= 15 is 0 Å². The highest BCUT2D eigenvalue weighted by molar-refractivity contribution is 5.35. The summed E-state index contributed by atoms with van der Waals surface area (Å²) in [6.45, 7) is 2.97. The minimum absolute atomic E-state index is 0.280. The van der Waals surface area contributed by atoms with Gasteiger partial charge in [-0.05, 0) is 31.7 Å². The van der Waals surface area contributed by atoms with E-state index in [2.05, 4.69) is 24.4 Å². The molecule has 0 spiro atoms. The fourth-order valence-corrected chi connectivity index (χ4v) is 2.43. The van der Waals surface area contributed by atoms with Gasteiger partial charge in [0, 0.05) is 24.8 Å². The molecule has 0 radical (unpaired) electrons. The Morgan fingerprint density at radius 1 is 1.28 bits per heavy atom. The van der Waals surface area contributed by atoms with E-state index in [9.17, 15) is 0 Å². The maximum absolute atomic E-state index is 5.41. The zero-order valence-corrected chi connectivity index (χ0v) is 11.5. The molecule has 1 unspecified atom stereocenters. The van der Waals surface area contributed by atoms with Crippen molar-refractivity contribution in [1.29, 1.82) is 0 Å². The summed E-state index contributed by atoms with van der Waals surface area (Å²) in [4.78, 5) is 0. The number of ether oxygens (including phenoxy) is 2. The average Bonchev–Trinajstić information content (AvgIpc) is 3.22. The molecule has 100 valence electrons. The molecule has 3 heteroatoms. The second-order valence-electron chi connectivity index (χ2n) is 5.03. The lowest BCUT2D eigenvalue weighted by atomic mass is 10.0. The van der Waals surface area contributed by atoms with Crippen LogP contribution in [0.2, 0.25) is 0 Å². The van der Waals surface area contributed by atoms with Gasteiger partial charge in [0.15, 0.2) is 0 Å². The van der Waals surface area contributed by atoms with Crippen molar-refractivity contribution >= 4 is 0 Å². The summed E-state index contributed by atoms with van der Waals surface area (Å²) >= 11 is 0. The van der Waals surface area contributed by atoms with Gasteiger partial charge in [-0.1, -0.05) is 18.2 Å². The summed E-state index contributed by atoms with van der Waals surface area (Å²) in [5.74, 6) is 1.73. The molecule has 0 heterocycles. The van der Waals surface area contributed by atoms with Gasteiger partial charge < -0.3 is 14.8 Å². The Kier molecular flexibility index (Phi) is 4.61. The van der Waals surface area contributed by atoms with Crippen LogP contribution < -0.4 is 10.1 Å². The van der Waals surface area contributed by atoms with Gasteiger partial charge in [-0.25, -0.2) is 0 Å². The van der Waals surface area contributed by atoms with E-state index in [1.807, 2.05) is 12.1 Å². The lowest BCUT2D eigenvalue weighted by molar-refractivity contribution is 0.152. The first-order chi connectivity index (χ1) is 8.76. The van der Waals surface area contributed by atoms with Crippen molar-refractivity contribution in [2.75, 3.05) is 20.8 Å². The Bertz CT molecular complexity index is 377. The number of para-hydroxylation sites is 1. The van der Waals surface area contributed by atoms with E-state index < -0.39 is 0 Å². The third kappa shape index (κ3) is 3.24. The van der Waals surface area contributed by atoms with Crippen LogP contribution >= 0.6 is 0 Å². The molecular formula is C15H23NO2. The van der Waals surface area contributed by atoms with Crippen molar-refractivity contribution in [2.24, 2.45) is 5.92 Å². The number of methoxy groups -OCH3 is 2. The van der Waals surface area contributed by atoms with E-state index in [1.165, 1.54) is 18.4 Å². The number of rotatable bonds is 7. The van der Waals surface area contributed by atoms with Crippen LogP contribution in [-0.2, 0) is 4.74 Å². The van der Waals surface area contributed by atoms with Crippen molar-refractivity contribution in [3.63, 3.8) is 0 Å². The highest BCUT2D eigenvalue weighted by atomic mass is 16.5. The summed E-state index contributed by atoms with van der Waals surface area (Å²) in [6.07, 6.45) is 2.64. The molecule has 18 heavy (non-hydrogen) atoms. The van der Waals surface area contributed by atoms with Gasteiger partial charge in [0.2, 0.25) is 0 Å². The Morgan fingerprint density at radius 2 is 2.00 bits per heavy atom. The van der Waals surface area contributed by atoms with E-state index in [0.717, 1.165) is 18.3 Å². The van der Waals surface area contributed by atoms with E-state index in [1.54, 1.807) is 14.2 Å². The van der Waals surface area contributed by atoms with Crippen LogP contribution in [0.1, 0.15) is 31.4 Å². The summed E-state index contributed by atoms with van der Waals surface area (Å²) < 4.78 is 10.7. The minimum Gasteiger partial charge on any atom is -0.496 e. The Morgan fingerprint density at radius 3 is 2.61 bits per heavy atom. The monoisotopic (exact) mass is 249 g/mol. The molecule has 0 bridgehead atoms. The molecule has 2 rings (SSSR count). The van der Waals surface area contributed by atoms with Gasteiger partial charge in [0.1, 0.15) is 5.75 Å². The molecule has 1 N–H and O–H groups in total. The predicted molar refractivity (Wildman–Crippen MR) is 72.9 cm³/mol. The van der Waals surface area contributed by atoms with Crippen molar-refractivity contribution in [3.8, 4) is 5.75 Å². The van der Waals surface area contributed by atoms with Gasteiger partial charge in [0.05, 0.1) is 13.7 Å². The summed E-state index contributed by atoms with van der Waals surface area (Å²) in [5, 5.41) is 3.67. The van der Waals surface area contributed by atoms with Crippen LogP contribution in [-0.4, -0.2) is 26.9 Å². The summed E-state index contributed by atoms with van der Waals surface area (Å²) in [7, 11) is 3.49. The number of hydrogen-bond donors (Lipinski definition) is 1. The zero-order chi connectivity index (χ0) is 13.0. The second-order valence-corrected chi connectivity index (χ2v) is 5.03. The molecule has 0 aromatic heterocycles. The van der Waals surface area contributed by atoms with Crippen molar-refractivity contribution in [2.45, 2.75) is 31.8 Å². The van der Waals surface area contributed by atoms with E-state index in [4.69, 9.17) is 9.47 Å². The SMILES string of the molecule is COCC(N[C@@H](C)c1ccccc1OC)C1CC1. The van der Waals surface area contributed by atoms with E-state index in [0.29, 0.717) is 6.04 Å². The van der Waals surface area contributed by atoms with Crippen LogP contribution in [0, 0.1) is 5.92 Å². The predicted octanol–water partition coefficient (Wildman–Crippen LogP) is 2.77. The normalized spacial score (nSPS) is 18.4. The average molecular weight is 249 g/mol. The first-order valence-electron chi connectivity index (χ1n) is 6.64. The van der Waals surface area contributed by atoms with Crippen LogP contribution in [0.25, 0.3) is 0 Å². The molecule has 0 aliphatic heterocycles. The smallest absolute Gasteiger partial charge is 0.123 e. The first kappa shape index (κ1) is 13.4. The molecule has 1 saturated carbocycles. The quantitative estimate of drug-likeness (QED) is 0.806. The maximum atomic E-state index is 5.41. The zero-order valence-electron chi connectivity index (χ0n) is 11.5. The molecule has 1 aliphatic rings. The first-order valence-corrected chi connectivity index (χ1v) is 6.64. The minimum atomic E-state index is 0.280. The largest absolute Gasteiger partial charge is 0.496 e. The topological polar surface area (TPSA) is 30.5 Å². The number of benzene rings is 1. The van der Waals surface area contributed by atoms with Crippen LogP contribution in [0.5, 0.6) is 5.75 Å². The second kappa shape index (κ2) is 6.21. The highest BCUT2D eigenvalue weighted by Gasteiger charge is 2.32. The van der Waals surface area contributed by atoms with Gasteiger partial charge in [-0.2, -0.15) is 0 Å². The summed E-state index contributed by atoms with van der Waals surface area (Å²) in [5.41, 5.74) is 1.21. The highest BCUT2D eigenvalue weighted by Crippen LogP contribution is 2.34. The Balaban J connectivity index is 2.03. The number of nitrogens with one attached hydrogen (secondary N) is 1. The molecule has 0 saturated heterocycles. The van der Waals surface area contributed by atoms with Crippen LogP contribution in [0.4, 0.5) is 0 Å². The van der Waals surface area contributed by atoms with Crippen molar-refractivity contribution in [1.82, 2.24) is 5.32 Å². The molecule has 1 aliphatic carbocycles. The van der Waals surface area contributed by atoms with Gasteiger partial charge in [-0.15, -0.1) is 0 Å². The maximum Gasteiger partial charge on any atom is 0.123 e. The van der Waals surface area contributed by atoms with Crippen molar-refractivity contribution < 1.29 is 9.47 Å². The van der Waals surface area contributed by atoms with Gasteiger partial charge >= 0.3 is 0 Å². The molecule has 2 atom stereocenters. The lowest BCUT2D eigenvalue weighted by Crippen LogP contribution is -2.37. The third-order valence-corrected chi connectivity index (χ3v) is 3.61. The third-order valence-electron chi connectivity index (χ3n) is 3.61. The Labute approximate surface area is 109 Å². The van der Waals surface area contributed by atoms with E-state index in [-0.39, 0.29) is 6.04 Å². The fourth-order valence-electron chi connectivity index (χ4n) is 2.43. The number of hydrogen-bond acceptors (Lipinski definition) is 3. The van der Waals surface area contributed by atoms with Crippen LogP contribution in [0.3, 0.4) is 0 Å². The standard InChI is InChI=1S/C15H23NO2/c1-11(13-6-4-5-7-15(13)18-3)16-14(10-17-2)12-8-9-12/h4-7,11-12,14,16H,8-10H2,1-3H3/t11-,14?/m0/s1. The fraction of sp³-hybridized carbons (Fsp3) is 0.600. The molecular weight excluding hydrogens is 226 g/mol. The van der Waals surface area contributed by atoms with Gasteiger partial charge in [-0.3, -0.25) is 0 Å². The molecule has 1 aromatic carbocycles. The lowest BCUT2D eigenvalue weighted by Gasteiger charge is -2.24. The Hall–Kier alpha value is -1.06. The van der Waals surface area contributed by atoms with Crippen molar-refractivity contribution in [3.05, 3.63) is 29.8 Å². The molecule has 3 nitrogen and oxygen atoms in total. The van der Waals surface area contributed by atoms with Gasteiger partial charge in [0.25, 0.3) is 0 Å². The molecule has 1 fully saturated rings. The summed E-state index contributed by atoms with van der Waals surface area (Å²) in [6, 6.07) is 8.92. The van der Waals surface area contributed by atoms with Crippen LogP contribution in [0.15, 0.2) is 24.3 Å².